The number of rotatable bonds is 16. The predicted octanol–water partition coefficient (Wildman–Crippen LogP) is 12.2. The number of benzene rings is 4. The molecule has 4 atom stereocenters. The third-order valence-corrected chi connectivity index (χ3v) is 10.6. The van der Waals surface area contributed by atoms with Crippen LogP contribution < -0.4 is 0 Å². The SMILES string of the molecule is CCCC(c1cc([N+](=O)[O-])ccc1C(OC(c1ccc(Cl)cc1Cl)c1ccc([N+](=O)[O-])cc1C(CCC)n1ccnc1)c1ccc(Cl)cc1Cl)n1ccnc1. The quantitative estimate of drug-likeness (QED) is 0.0701. The van der Waals surface area contributed by atoms with Gasteiger partial charge in [-0.3, -0.25) is 20.2 Å². The van der Waals surface area contributed by atoms with Gasteiger partial charge in [-0.2, -0.15) is 0 Å². The highest BCUT2D eigenvalue weighted by atomic mass is 35.5. The topological polar surface area (TPSA) is 131 Å². The Balaban J connectivity index is 1.66. The fraction of sp³-hybridized carbons (Fsp3) is 0.250. The molecule has 0 radical (unpaired) electrons. The number of nitro groups is 2. The van der Waals surface area contributed by atoms with Crippen molar-refractivity contribution in [2.24, 2.45) is 0 Å². The Bertz CT molecular complexity index is 2130. The van der Waals surface area contributed by atoms with Crippen LogP contribution >= 0.6 is 46.4 Å². The van der Waals surface area contributed by atoms with Gasteiger partial charge in [0.05, 0.1) is 34.6 Å². The summed E-state index contributed by atoms with van der Waals surface area (Å²) in [6.45, 7) is 4.07. The molecule has 0 amide bonds. The molecule has 4 aromatic carbocycles. The predicted molar refractivity (Wildman–Crippen MR) is 214 cm³/mol. The van der Waals surface area contributed by atoms with E-state index in [1.54, 1.807) is 85.7 Å². The Hall–Kier alpha value is -4.78. The van der Waals surface area contributed by atoms with Crippen molar-refractivity contribution in [2.75, 3.05) is 0 Å². The Labute approximate surface area is 337 Å². The number of halogens is 4. The average Bonchev–Trinajstić information content (AvgIpc) is 3.90. The molecule has 0 spiro atoms. The van der Waals surface area contributed by atoms with Gasteiger partial charge in [-0.25, -0.2) is 9.97 Å². The van der Waals surface area contributed by atoms with Crippen LogP contribution in [-0.2, 0) is 4.74 Å². The lowest BCUT2D eigenvalue weighted by Crippen LogP contribution is -2.21. The molecule has 15 heteroatoms. The maximum atomic E-state index is 12.2. The van der Waals surface area contributed by atoms with Crippen LogP contribution in [0.3, 0.4) is 0 Å². The summed E-state index contributed by atoms with van der Waals surface area (Å²) < 4.78 is 11.2. The summed E-state index contributed by atoms with van der Waals surface area (Å²) in [5.41, 5.74) is 3.30. The number of nitro benzene ring substituents is 2. The summed E-state index contributed by atoms with van der Waals surface area (Å²) in [5, 5.41) is 25.9. The van der Waals surface area contributed by atoms with Crippen molar-refractivity contribution < 1.29 is 14.6 Å². The molecule has 6 rings (SSSR count). The molecule has 0 aliphatic heterocycles. The van der Waals surface area contributed by atoms with E-state index in [2.05, 4.69) is 9.97 Å². The number of imidazole rings is 2. The molecule has 2 heterocycles. The molecule has 0 aliphatic carbocycles. The zero-order valence-electron chi connectivity index (χ0n) is 29.8. The molecule has 0 N–H and O–H groups in total. The summed E-state index contributed by atoms with van der Waals surface area (Å²) in [6.07, 6.45) is 11.1. The number of ether oxygens (including phenoxy) is 1. The molecule has 6 aromatic rings. The molecule has 0 bridgehead atoms. The Kier molecular flexibility index (Phi) is 12.9. The second-order valence-electron chi connectivity index (χ2n) is 13.0. The second kappa shape index (κ2) is 17.8. The summed E-state index contributed by atoms with van der Waals surface area (Å²) in [4.78, 5) is 32.2. The zero-order chi connectivity index (χ0) is 39.2. The van der Waals surface area contributed by atoms with E-state index >= 15 is 0 Å². The van der Waals surface area contributed by atoms with Gasteiger partial charge in [-0.05, 0) is 71.5 Å². The van der Waals surface area contributed by atoms with Gasteiger partial charge in [-0.1, -0.05) is 85.2 Å². The van der Waals surface area contributed by atoms with Gasteiger partial charge in [0.25, 0.3) is 11.4 Å². The van der Waals surface area contributed by atoms with E-state index in [-0.39, 0.29) is 23.5 Å². The van der Waals surface area contributed by atoms with E-state index in [0.29, 0.717) is 66.3 Å². The highest BCUT2D eigenvalue weighted by molar-refractivity contribution is 6.35. The lowest BCUT2D eigenvalue weighted by atomic mass is 9.88. The third kappa shape index (κ3) is 8.87. The average molecular weight is 823 g/mol. The normalized spacial score (nSPS) is 13.6. The monoisotopic (exact) mass is 820 g/mol. The van der Waals surface area contributed by atoms with E-state index in [0.717, 1.165) is 12.8 Å². The minimum absolute atomic E-state index is 0.0985. The summed E-state index contributed by atoms with van der Waals surface area (Å²) >= 11 is 26.8. The number of aromatic nitrogens is 4. The fourth-order valence-electron chi connectivity index (χ4n) is 6.98. The van der Waals surface area contributed by atoms with Crippen molar-refractivity contribution in [3.05, 3.63) is 184 Å². The molecule has 4 unspecified atom stereocenters. The van der Waals surface area contributed by atoms with Crippen LogP contribution in [0.1, 0.15) is 97.2 Å². The first-order chi connectivity index (χ1) is 26.5. The van der Waals surface area contributed by atoms with Gasteiger partial charge < -0.3 is 13.9 Å². The van der Waals surface area contributed by atoms with Gasteiger partial charge in [0.1, 0.15) is 12.2 Å². The summed E-state index contributed by atoms with van der Waals surface area (Å²) in [6, 6.07) is 18.8. The van der Waals surface area contributed by atoms with E-state index in [1.807, 2.05) is 35.4 Å². The zero-order valence-corrected chi connectivity index (χ0v) is 32.8. The van der Waals surface area contributed by atoms with Crippen molar-refractivity contribution in [3.63, 3.8) is 0 Å². The molecule has 0 saturated heterocycles. The minimum Gasteiger partial charge on any atom is -0.356 e. The standard InChI is InChI=1S/C40H36Cl4N6O5/c1-3-5-37(47-17-15-45-23-47)33-21-27(49(51)52)9-13-29(33)39(31-11-7-25(41)19-35(31)43)55-40(32-12-8-26(42)20-36(32)44)30-14-10-28(50(53)54)22-34(30)38(6-4-2)48-18-16-46-24-48/h7-24,37-40H,3-6H2,1-2H3. The first-order valence-electron chi connectivity index (χ1n) is 17.6. The van der Waals surface area contributed by atoms with Crippen LogP contribution in [0.2, 0.25) is 20.1 Å². The van der Waals surface area contributed by atoms with Crippen molar-refractivity contribution >= 4 is 57.8 Å². The minimum atomic E-state index is -0.985. The molecule has 0 saturated carbocycles. The fourth-order valence-corrected chi connectivity index (χ4v) is 8.00. The van der Waals surface area contributed by atoms with Gasteiger partial charge in [0.2, 0.25) is 0 Å². The molecular weight excluding hydrogens is 786 g/mol. The van der Waals surface area contributed by atoms with Crippen LogP contribution in [-0.4, -0.2) is 28.9 Å². The first kappa shape index (κ1) is 39.9. The van der Waals surface area contributed by atoms with Crippen LogP contribution in [0, 0.1) is 20.2 Å². The smallest absolute Gasteiger partial charge is 0.269 e. The Morgan fingerprint density at radius 1 is 0.600 bits per heavy atom. The van der Waals surface area contributed by atoms with Crippen molar-refractivity contribution in [1.29, 1.82) is 0 Å². The lowest BCUT2D eigenvalue weighted by molar-refractivity contribution is -0.385. The van der Waals surface area contributed by atoms with Gasteiger partial charge in [0.15, 0.2) is 0 Å². The summed E-state index contributed by atoms with van der Waals surface area (Å²) in [5.74, 6) is 0. The molecule has 0 fully saturated rings. The van der Waals surface area contributed by atoms with Crippen molar-refractivity contribution in [2.45, 2.75) is 63.8 Å². The summed E-state index contributed by atoms with van der Waals surface area (Å²) in [7, 11) is 0. The highest BCUT2D eigenvalue weighted by Crippen LogP contribution is 2.46. The molecule has 284 valence electrons. The highest BCUT2D eigenvalue weighted by Gasteiger charge is 2.34. The molecular formula is C40H36Cl4N6O5. The van der Waals surface area contributed by atoms with Crippen molar-refractivity contribution in [1.82, 2.24) is 19.1 Å². The lowest BCUT2D eigenvalue weighted by Gasteiger charge is -2.32. The van der Waals surface area contributed by atoms with Crippen LogP contribution in [0.25, 0.3) is 0 Å². The third-order valence-electron chi connectivity index (χ3n) is 9.50. The van der Waals surface area contributed by atoms with Crippen LogP contribution in [0.4, 0.5) is 11.4 Å². The Morgan fingerprint density at radius 3 is 1.33 bits per heavy atom. The van der Waals surface area contributed by atoms with Crippen molar-refractivity contribution in [3.8, 4) is 0 Å². The largest absolute Gasteiger partial charge is 0.356 e. The molecule has 55 heavy (non-hydrogen) atoms. The first-order valence-corrected chi connectivity index (χ1v) is 19.1. The number of non-ortho nitro benzene ring substituents is 2. The molecule has 0 aliphatic rings. The Morgan fingerprint density at radius 2 is 1.00 bits per heavy atom. The maximum Gasteiger partial charge on any atom is 0.269 e. The number of nitrogens with zero attached hydrogens (tertiary/aromatic N) is 6. The second-order valence-corrected chi connectivity index (χ2v) is 14.7. The van der Waals surface area contributed by atoms with Crippen LogP contribution in [0.15, 0.2) is 110 Å². The van der Waals surface area contributed by atoms with E-state index in [1.165, 1.54) is 12.1 Å². The van der Waals surface area contributed by atoms with E-state index < -0.39 is 22.1 Å². The van der Waals surface area contributed by atoms with Gasteiger partial charge >= 0.3 is 0 Å². The van der Waals surface area contributed by atoms with Crippen LogP contribution in [0.5, 0.6) is 0 Å². The maximum absolute atomic E-state index is 12.2. The number of hydrogen-bond donors (Lipinski definition) is 0. The molecule has 11 nitrogen and oxygen atoms in total. The van der Waals surface area contributed by atoms with E-state index in [4.69, 9.17) is 51.1 Å². The molecule has 2 aromatic heterocycles. The number of hydrogen-bond acceptors (Lipinski definition) is 7. The van der Waals surface area contributed by atoms with Gasteiger partial charge in [-0.15, -0.1) is 0 Å². The van der Waals surface area contributed by atoms with Gasteiger partial charge in [0, 0.05) is 80.3 Å². The van der Waals surface area contributed by atoms with E-state index in [9.17, 15) is 20.2 Å².